The molecule has 140 valence electrons. The van der Waals surface area contributed by atoms with E-state index < -0.39 is 16.6 Å². The number of hydrogen-bond acceptors (Lipinski definition) is 0. The number of hydrogen-bond donors (Lipinski definition) is 0. The van der Waals surface area contributed by atoms with Crippen molar-refractivity contribution in [2.75, 3.05) is 0 Å². The fourth-order valence-corrected chi connectivity index (χ4v) is 12.2. The van der Waals surface area contributed by atoms with Gasteiger partial charge in [-0.2, -0.15) is 0 Å². The van der Waals surface area contributed by atoms with E-state index >= 15 is 0 Å². The minimum Gasteiger partial charge on any atom is -0.147 e. The van der Waals surface area contributed by atoms with E-state index in [1.165, 1.54) is 51.4 Å². The molecule has 0 nitrogen and oxygen atoms in total. The summed E-state index contributed by atoms with van der Waals surface area (Å²) in [6, 6.07) is 0. The zero-order valence-electron chi connectivity index (χ0n) is 15.1. The number of unbranched alkanes of at least 4 members (excludes halogenated alkanes) is 4. The van der Waals surface area contributed by atoms with Gasteiger partial charge in [0.05, 0.1) is 0 Å². The van der Waals surface area contributed by atoms with Crippen LogP contribution < -0.4 is 0 Å². The molecule has 0 aliphatic heterocycles. The fourth-order valence-electron chi connectivity index (χ4n) is 2.96. The maximum Gasteiger partial charge on any atom is 0 e. The van der Waals surface area contributed by atoms with Gasteiger partial charge in [0.25, 0.3) is 0 Å². The maximum absolute atomic E-state index is 2.37. The van der Waals surface area contributed by atoms with E-state index in [2.05, 4.69) is 27.7 Å². The van der Waals surface area contributed by atoms with Gasteiger partial charge in [-0.25, -0.2) is 0 Å². The average Bonchev–Trinajstić information content (AvgIpc) is 2.37. The molecule has 0 spiro atoms. The molecule has 0 N–H and O–H groups in total. The van der Waals surface area contributed by atoms with Crippen LogP contribution in [0.15, 0.2) is 0 Å². The summed E-state index contributed by atoms with van der Waals surface area (Å²) < 4.78 is 6.71. The smallest absolute Gasteiger partial charge is 0 e. The number of rotatable bonds is 12. The van der Waals surface area contributed by atoms with Crippen molar-refractivity contribution in [2.24, 2.45) is 0 Å². The van der Waals surface area contributed by atoms with Gasteiger partial charge in [-0.05, 0) is 0 Å². The minimum atomic E-state index is -1.43. The Bertz CT molecular complexity index is 135. The molecule has 0 amide bonds. The van der Waals surface area contributed by atoms with Gasteiger partial charge < -0.3 is 0 Å². The first-order valence-electron chi connectivity index (χ1n) is 8.24. The molecule has 0 saturated carbocycles. The molecule has 0 unspecified atom stereocenters. The molecule has 0 rings (SSSR count). The summed E-state index contributed by atoms with van der Waals surface area (Å²) in [7, 11) is 0. The molecular formula is C16H40Cl4Ti2. The van der Waals surface area contributed by atoms with Gasteiger partial charge in [0.15, 0.2) is 0 Å². The quantitative estimate of drug-likeness (QED) is 0.251. The summed E-state index contributed by atoms with van der Waals surface area (Å²) >= 11 is -1.43. The van der Waals surface area contributed by atoms with Crippen molar-refractivity contribution >= 4 is 49.6 Å². The third-order valence-electron chi connectivity index (χ3n) is 4.24. The molecule has 22 heavy (non-hydrogen) atoms. The number of halogens is 4. The van der Waals surface area contributed by atoms with Gasteiger partial charge >= 0.3 is 115 Å². The molecule has 0 fully saturated rings. The molecular weight excluding hydrogens is 430 g/mol. The first-order valence-corrected chi connectivity index (χ1v) is 12.7. The first kappa shape index (κ1) is 39.6. The van der Waals surface area contributed by atoms with Crippen LogP contribution in [0.25, 0.3) is 0 Å². The van der Waals surface area contributed by atoms with E-state index in [4.69, 9.17) is 0 Å². The summed E-state index contributed by atoms with van der Waals surface area (Å²) in [5, 5.41) is 0. The average molecular weight is 470 g/mol. The fraction of sp³-hybridized carbons (Fsp3) is 1.00. The second-order valence-corrected chi connectivity index (χ2v) is 13.7. The second kappa shape index (κ2) is 28.4. The van der Waals surface area contributed by atoms with E-state index in [0.717, 1.165) is 0 Å². The van der Waals surface area contributed by atoms with Crippen molar-refractivity contribution in [3.63, 3.8) is 0 Å². The predicted molar refractivity (Wildman–Crippen MR) is 108 cm³/mol. The van der Waals surface area contributed by atoms with Gasteiger partial charge in [0.2, 0.25) is 0 Å². The van der Waals surface area contributed by atoms with Gasteiger partial charge in [-0.3, -0.25) is 0 Å². The van der Waals surface area contributed by atoms with Crippen molar-refractivity contribution in [3.8, 4) is 0 Å². The van der Waals surface area contributed by atoms with Crippen molar-refractivity contribution < 1.29 is 38.3 Å². The summed E-state index contributed by atoms with van der Waals surface area (Å²) in [5.41, 5.74) is 0. The molecule has 0 atom stereocenters. The van der Waals surface area contributed by atoms with Crippen LogP contribution in [0, 0.1) is 0 Å². The van der Waals surface area contributed by atoms with Gasteiger partial charge in [0.1, 0.15) is 0 Å². The molecule has 6 heteroatoms. The summed E-state index contributed by atoms with van der Waals surface area (Å²) in [5.74, 6) is 0. The summed E-state index contributed by atoms with van der Waals surface area (Å²) in [6.07, 6.45) is 11.8. The van der Waals surface area contributed by atoms with Crippen molar-refractivity contribution in [1.82, 2.24) is 0 Å². The van der Waals surface area contributed by atoms with E-state index in [1.54, 1.807) is 18.9 Å². The van der Waals surface area contributed by atoms with E-state index in [-0.39, 0.29) is 71.3 Å². The second-order valence-electron chi connectivity index (χ2n) is 5.91. The van der Waals surface area contributed by atoms with Gasteiger partial charge in [-0.15, -0.1) is 49.6 Å². The van der Waals surface area contributed by atoms with Crippen LogP contribution in [0.2, 0.25) is 18.9 Å². The summed E-state index contributed by atoms with van der Waals surface area (Å²) in [6.45, 7) is 9.47. The monoisotopic (exact) mass is 468 g/mol. The Kier molecular flexibility index (Phi) is 51.1. The topological polar surface area (TPSA) is 0 Å². The van der Waals surface area contributed by atoms with Crippen molar-refractivity contribution in [2.45, 2.75) is 98.0 Å². The standard InChI is InChI=1S/4C4H9.4ClH.2Ti/c4*1-3-4-2;;;;;;/h4*1,3-4H2,2H3;4*1H;;. The Morgan fingerprint density at radius 3 is 0.773 bits per heavy atom. The molecule has 0 saturated heterocycles. The minimum absolute atomic E-state index is 0. The molecule has 0 bridgehead atoms. The van der Waals surface area contributed by atoms with Gasteiger partial charge in [-0.1, -0.05) is 0 Å². The molecule has 0 aromatic heterocycles. The zero-order valence-corrected chi connectivity index (χ0v) is 21.5. The van der Waals surface area contributed by atoms with Crippen LogP contribution in [0.3, 0.4) is 0 Å². The third-order valence-corrected chi connectivity index (χ3v) is 13.1. The van der Waals surface area contributed by atoms with Crippen LogP contribution in [0.4, 0.5) is 0 Å². The Morgan fingerprint density at radius 2 is 0.636 bits per heavy atom. The Balaban J connectivity index is -0.000000128. The molecule has 0 aliphatic carbocycles. The molecule has 0 aliphatic rings. The van der Waals surface area contributed by atoms with Gasteiger partial charge in [0, 0.05) is 21.7 Å². The van der Waals surface area contributed by atoms with Crippen LogP contribution in [-0.2, 0) is 38.3 Å². The van der Waals surface area contributed by atoms with Crippen LogP contribution in [0.1, 0.15) is 79.1 Å². The molecule has 0 radical (unpaired) electrons. The zero-order chi connectivity index (χ0) is 13.0. The van der Waals surface area contributed by atoms with Crippen molar-refractivity contribution in [3.05, 3.63) is 0 Å². The van der Waals surface area contributed by atoms with Crippen LogP contribution in [0.5, 0.6) is 0 Å². The predicted octanol–water partition coefficient (Wildman–Crippen LogP) is 8.70. The molecule has 0 aromatic carbocycles. The van der Waals surface area contributed by atoms with E-state index in [9.17, 15) is 0 Å². The Labute approximate surface area is 184 Å². The molecule has 0 aromatic rings. The summed E-state index contributed by atoms with van der Waals surface area (Å²) in [4.78, 5) is 0. The first-order chi connectivity index (χ1) is 8.24. The van der Waals surface area contributed by atoms with Crippen molar-refractivity contribution in [1.29, 1.82) is 0 Å². The largest absolute Gasteiger partial charge is 0.147 e. The third kappa shape index (κ3) is 20.6. The van der Waals surface area contributed by atoms with Crippen LogP contribution >= 0.6 is 49.6 Å². The van der Waals surface area contributed by atoms with E-state index in [0.29, 0.717) is 0 Å². The Morgan fingerprint density at radius 1 is 0.455 bits per heavy atom. The van der Waals surface area contributed by atoms with E-state index in [1.807, 2.05) is 0 Å². The normalized spacial score (nSPS) is 9.27. The maximum atomic E-state index is 2.37. The Hall–Kier alpha value is 2.59. The van der Waals surface area contributed by atoms with Crippen LogP contribution in [-0.4, -0.2) is 0 Å². The SMILES string of the molecule is CCC[CH2][Ti]([CH2]CCC)([CH2]CCC)[CH2]CCC.Cl.Cl.Cl.Cl.[Ti]. The molecule has 0 heterocycles.